The standard InChI is InChI=1S/C25H25ClN2O2.C2HF3O2/c1-30-24-12-9-19(15-21(24)17-28-13-2-3-14-28)18-7-10-23(11-8-18)27-25(29)20-5-4-6-22(26)16-20;3-2(4,5)1(6)7/h4-12,15-16H,2-3,13-14,17H2,1H3,(H,27,29);(H,6,7). The van der Waals surface area contributed by atoms with Crippen molar-refractivity contribution in [2.45, 2.75) is 25.6 Å². The van der Waals surface area contributed by atoms with Crippen molar-refractivity contribution < 1.29 is 32.6 Å². The Hall–Kier alpha value is -3.56. The molecule has 1 amide bonds. The van der Waals surface area contributed by atoms with E-state index >= 15 is 0 Å². The van der Waals surface area contributed by atoms with Gasteiger partial charge in [-0.15, -0.1) is 0 Å². The molecule has 6 nitrogen and oxygen atoms in total. The molecule has 0 bridgehead atoms. The highest BCUT2D eigenvalue weighted by Crippen LogP contribution is 2.29. The number of nitrogens with one attached hydrogen (secondary N) is 1. The summed E-state index contributed by atoms with van der Waals surface area (Å²) in [6, 6.07) is 21.1. The molecule has 0 aliphatic carbocycles. The summed E-state index contributed by atoms with van der Waals surface area (Å²) in [5, 5.41) is 10.6. The van der Waals surface area contributed by atoms with Crippen LogP contribution in [0.5, 0.6) is 5.75 Å². The van der Waals surface area contributed by atoms with Gasteiger partial charge in [-0.05, 0) is 79.5 Å². The molecule has 2 N–H and O–H groups in total. The van der Waals surface area contributed by atoms with Crippen LogP contribution in [-0.4, -0.2) is 48.3 Å². The molecule has 3 aromatic rings. The maximum absolute atomic E-state index is 12.4. The number of hydrogen-bond donors (Lipinski definition) is 2. The number of benzene rings is 3. The van der Waals surface area contributed by atoms with Crippen molar-refractivity contribution in [3.05, 3.63) is 82.9 Å². The Balaban J connectivity index is 0.000000479. The Morgan fingerprint density at radius 3 is 2.19 bits per heavy atom. The number of ether oxygens (including phenoxy) is 1. The lowest BCUT2D eigenvalue weighted by molar-refractivity contribution is -0.192. The lowest BCUT2D eigenvalue weighted by Gasteiger charge is -2.18. The number of carboxylic acids is 1. The van der Waals surface area contributed by atoms with Crippen molar-refractivity contribution in [2.24, 2.45) is 0 Å². The van der Waals surface area contributed by atoms with Crippen molar-refractivity contribution >= 4 is 29.2 Å². The van der Waals surface area contributed by atoms with Gasteiger partial charge in [-0.1, -0.05) is 35.9 Å². The van der Waals surface area contributed by atoms with E-state index in [9.17, 15) is 18.0 Å². The summed E-state index contributed by atoms with van der Waals surface area (Å²) in [7, 11) is 1.72. The number of aliphatic carboxylic acids is 1. The van der Waals surface area contributed by atoms with Gasteiger partial charge < -0.3 is 15.2 Å². The second kappa shape index (κ2) is 12.6. The second-order valence-corrected chi connectivity index (χ2v) is 8.79. The molecule has 0 saturated carbocycles. The van der Waals surface area contributed by atoms with Gasteiger partial charge in [-0.2, -0.15) is 13.2 Å². The van der Waals surface area contributed by atoms with Crippen LogP contribution in [0.3, 0.4) is 0 Å². The molecule has 0 radical (unpaired) electrons. The van der Waals surface area contributed by atoms with Gasteiger partial charge in [-0.3, -0.25) is 9.69 Å². The summed E-state index contributed by atoms with van der Waals surface area (Å²) < 4.78 is 37.3. The Morgan fingerprint density at radius 1 is 1.00 bits per heavy atom. The number of carboxylic acid groups (broad SMARTS) is 1. The van der Waals surface area contributed by atoms with Gasteiger partial charge in [0.25, 0.3) is 5.91 Å². The summed E-state index contributed by atoms with van der Waals surface area (Å²) in [5.41, 5.74) is 4.72. The van der Waals surface area contributed by atoms with Crippen LogP contribution in [0.2, 0.25) is 5.02 Å². The second-order valence-electron chi connectivity index (χ2n) is 8.35. The van der Waals surface area contributed by atoms with E-state index in [1.165, 1.54) is 18.4 Å². The fourth-order valence-corrected chi connectivity index (χ4v) is 4.03. The monoisotopic (exact) mass is 534 g/mol. The SMILES string of the molecule is COc1ccc(-c2ccc(NC(=O)c3cccc(Cl)c3)cc2)cc1CN1CCCC1.O=C(O)C(F)(F)F. The van der Waals surface area contributed by atoms with Gasteiger partial charge in [0.05, 0.1) is 7.11 Å². The molecule has 1 aliphatic heterocycles. The number of amides is 1. The maximum atomic E-state index is 12.4. The van der Waals surface area contributed by atoms with Crippen LogP contribution in [0, 0.1) is 0 Å². The smallest absolute Gasteiger partial charge is 0.490 e. The first-order valence-electron chi connectivity index (χ1n) is 11.4. The molecule has 4 rings (SSSR count). The zero-order valence-electron chi connectivity index (χ0n) is 20.0. The molecule has 0 unspecified atom stereocenters. The van der Waals surface area contributed by atoms with Crippen molar-refractivity contribution in [2.75, 3.05) is 25.5 Å². The minimum atomic E-state index is -5.08. The van der Waals surface area contributed by atoms with Gasteiger partial charge in [0.15, 0.2) is 0 Å². The number of rotatable bonds is 6. The van der Waals surface area contributed by atoms with Crippen LogP contribution in [0.1, 0.15) is 28.8 Å². The van der Waals surface area contributed by atoms with Crippen molar-refractivity contribution in [3.63, 3.8) is 0 Å². The zero-order chi connectivity index (χ0) is 27.0. The number of alkyl halides is 3. The third kappa shape index (κ3) is 8.23. The predicted molar refractivity (Wildman–Crippen MR) is 136 cm³/mol. The molecule has 0 atom stereocenters. The van der Waals surface area contributed by atoms with Gasteiger partial charge in [0.1, 0.15) is 5.75 Å². The molecular formula is C27H26ClF3N2O4. The normalized spacial score (nSPS) is 13.4. The number of nitrogens with zero attached hydrogens (tertiary/aromatic N) is 1. The summed E-state index contributed by atoms with van der Waals surface area (Å²) in [4.78, 5) is 23.8. The molecule has 196 valence electrons. The van der Waals surface area contributed by atoms with Gasteiger partial charge >= 0.3 is 12.1 Å². The minimum absolute atomic E-state index is 0.178. The molecule has 1 heterocycles. The molecular weight excluding hydrogens is 509 g/mol. The van der Waals surface area contributed by atoms with Crippen LogP contribution in [0.15, 0.2) is 66.7 Å². The summed E-state index contributed by atoms with van der Waals surface area (Å²) in [6.45, 7) is 3.20. The highest BCUT2D eigenvalue weighted by molar-refractivity contribution is 6.31. The first-order valence-corrected chi connectivity index (χ1v) is 11.8. The zero-order valence-corrected chi connectivity index (χ0v) is 20.8. The Labute approximate surface area is 217 Å². The van der Waals surface area contributed by atoms with Crippen LogP contribution in [-0.2, 0) is 11.3 Å². The van der Waals surface area contributed by atoms with Gasteiger partial charge in [-0.25, -0.2) is 4.79 Å². The van der Waals surface area contributed by atoms with Gasteiger partial charge in [0, 0.05) is 28.4 Å². The van der Waals surface area contributed by atoms with E-state index in [4.69, 9.17) is 26.2 Å². The summed E-state index contributed by atoms with van der Waals surface area (Å²) >= 11 is 5.98. The van der Waals surface area contributed by atoms with E-state index in [2.05, 4.69) is 22.3 Å². The number of halogens is 4. The summed E-state index contributed by atoms with van der Waals surface area (Å²) in [6.07, 6.45) is -2.55. The molecule has 0 spiro atoms. The van der Waals surface area contributed by atoms with Crippen molar-refractivity contribution in [3.8, 4) is 16.9 Å². The maximum Gasteiger partial charge on any atom is 0.490 e. The van der Waals surface area contributed by atoms with Crippen molar-refractivity contribution in [1.82, 2.24) is 4.90 Å². The molecule has 0 aromatic heterocycles. The van der Waals surface area contributed by atoms with E-state index in [0.717, 1.165) is 42.2 Å². The third-order valence-electron chi connectivity index (χ3n) is 5.68. The van der Waals surface area contributed by atoms with E-state index < -0.39 is 12.1 Å². The van der Waals surface area contributed by atoms with E-state index in [1.54, 1.807) is 31.4 Å². The van der Waals surface area contributed by atoms with E-state index in [0.29, 0.717) is 10.6 Å². The molecule has 37 heavy (non-hydrogen) atoms. The Kier molecular flexibility index (Phi) is 9.54. The first-order chi connectivity index (χ1) is 17.6. The molecule has 1 saturated heterocycles. The highest BCUT2D eigenvalue weighted by atomic mass is 35.5. The van der Waals surface area contributed by atoms with Gasteiger partial charge in [0.2, 0.25) is 0 Å². The van der Waals surface area contributed by atoms with E-state index in [-0.39, 0.29) is 5.91 Å². The molecule has 1 aliphatic rings. The fourth-order valence-electron chi connectivity index (χ4n) is 3.84. The largest absolute Gasteiger partial charge is 0.496 e. The minimum Gasteiger partial charge on any atom is -0.496 e. The third-order valence-corrected chi connectivity index (χ3v) is 5.91. The number of carbonyl (C=O) groups excluding carboxylic acids is 1. The predicted octanol–water partition coefficient (Wildman–Crippen LogP) is 6.50. The van der Waals surface area contributed by atoms with E-state index in [1.807, 2.05) is 30.3 Å². The average molecular weight is 535 g/mol. The topological polar surface area (TPSA) is 78.9 Å². The molecule has 10 heteroatoms. The number of anilines is 1. The van der Waals surface area contributed by atoms with Crippen LogP contribution >= 0.6 is 11.6 Å². The fraction of sp³-hybridized carbons (Fsp3) is 0.259. The Morgan fingerprint density at radius 2 is 1.62 bits per heavy atom. The van der Waals surface area contributed by atoms with Crippen LogP contribution in [0.4, 0.5) is 18.9 Å². The number of hydrogen-bond acceptors (Lipinski definition) is 4. The number of methoxy groups -OCH3 is 1. The molecule has 3 aromatic carbocycles. The highest BCUT2D eigenvalue weighted by Gasteiger charge is 2.38. The van der Waals surface area contributed by atoms with Crippen LogP contribution < -0.4 is 10.1 Å². The molecule has 1 fully saturated rings. The Bertz CT molecular complexity index is 1230. The van der Waals surface area contributed by atoms with Crippen LogP contribution in [0.25, 0.3) is 11.1 Å². The van der Waals surface area contributed by atoms with Crippen molar-refractivity contribution in [1.29, 1.82) is 0 Å². The lowest BCUT2D eigenvalue weighted by atomic mass is 10.0. The summed E-state index contributed by atoms with van der Waals surface area (Å²) in [5.74, 6) is -2.01. The number of likely N-dealkylation sites (tertiary alicyclic amines) is 1. The average Bonchev–Trinajstić information content (AvgIpc) is 3.37. The first kappa shape index (κ1) is 28.0. The lowest BCUT2D eigenvalue weighted by Crippen LogP contribution is -2.21. The number of carbonyl (C=O) groups is 2. The quantitative estimate of drug-likeness (QED) is 0.377.